The Labute approximate surface area is 69.4 Å². The Morgan fingerprint density at radius 3 is 2.25 bits per heavy atom. The van der Waals surface area contributed by atoms with Crippen molar-refractivity contribution in [3.63, 3.8) is 0 Å². The van der Waals surface area contributed by atoms with Gasteiger partial charge in [-0.2, -0.15) is 8.42 Å². The van der Waals surface area contributed by atoms with Gasteiger partial charge in [-0.05, 0) is 12.1 Å². The molecular weight excluding hydrogens is 182 g/mol. The third kappa shape index (κ3) is 2.00. The van der Waals surface area contributed by atoms with Crippen LogP contribution in [0.1, 0.15) is 11.0 Å². The van der Waals surface area contributed by atoms with Gasteiger partial charge >= 0.3 is 0 Å². The molecule has 0 aliphatic heterocycles. The maximum absolute atomic E-state index is 10.9. The van der Waals surface area contributed by atoms with Crippen LogP contribution in [-0.4, -0.2) is 18.0 Å². The first-order valence-electron chi connectivity index (χ1n) is 3.04. The Morgan fingerprint density at radius 1 is 1.33 bits per heavy atom. The SMILES string of the molecule is [O]C(c1ccncc1)S(=O)(=O)O. The molecule has 12 heavy (non-hydrogen) atoms. The first-order chi connectivity index (χ1) is 5.52. The second-order valence-corrected chi connectivity index (χ2v) is 3.59. The molecule has 6 heteroatoms. The first-order valence-corrected chi connectivity index (χ1v) is 4.54. The Kier molecular flexibility index (Phi) is 2.41. The molecule has 0 spiro atoms. The van der Waals surface area contributed by atoms with Crippen LogP contribution in [0, 0.1) is 0 Å². The lowest BCUT2D eigenvalue weighted by Crippen LogP contribution is -2.09. The third-order valence-electron chi connectivity index (χ3n) is 1.25. The topological polar surface area (TPSA) is 87.2 Å². The Bertz CT molecular complexity index is 347. The highest BCUT2D eigenvalue weighted by Gasteiger charge is 2.23. The Hall–Kier alpha value is -0.980. The number of hydrogen-bond acceptors (Lipinski definition) is 3. The molecule has 0 fully saturated rings. The largest absolute Gasteiger partial charge is 0.300 e. The number of aromatic nitrogens is 1. The van der Waals surface area contributed by atoms with E-state index in [1.54, 1.807) is 0 Å². The predicted molar refractivity (Wildman–Crippen MR) is 39.2 cm³/mol. The molecule has 0 saturated carbocycles. The number of hydrogen-bond donors (Lipinski definition) is 1. The summed E-state index contributed by atoms with van der Waals surface area (Å²) in [5, 5.41) is 10.9. The van der Waals surface area contributed by atoms with Crippen LogP contribution >= 0.6 is 0 Å². The summed E-state index contributed by atoms with van der Waals surface area (Å²) in [5.74, 6) is 0. The van der Waals surface area contributed by atoms with Crippen LogP contribution in [0.3, 0.4) is 0 Å². The second-order valence-electron chi connectivity index (χ2n) is 2.13. The molecule has 1 aromatic heterocycles. The standard InChI is InChI=1S/C6H6NO4S/c8-6(12(9,10)11)5-1-3-7-4-2-5/h1-4,6H,(H,9,10,11). The Balaban J connectivity index is 3.02. The van der Waals surface area contributed by atoms with E-state index in [4.69, 9.17) is 4.55 Å². The fraction of sp³-hybridized carbons (Fsp3) is 0.167. The average molecular weight is 188 g/mol. The second kappa shape index (κ2) is 3.18. The normalized spacial score (nSPS) is 14.2. The van der Waals surface area contributed by atoms with Gasteiger partial charge in [0.2, 0.25) is 5.44 Å². The number of nitrogens with zero attached hydrogens (tertiary/aromatic N) is 1. The molecule has 65 valence electrons. The van der Waals surface area contributed by atoms with Gasteiger partial charge in [0.05, 0.1) is 0 Å². The minimum absolute atomic E-state index is 0.0208. The Morgan fingerprint density at radius 2 is 1.83 bits per heavy atom. The summed E-state index contributed by atoms with van der Waals surface area (Å²) in [6.07, 6.45) is 2.57. The lowest BCUT2D eigenvalue weighted by atomic mass is 10.3. The molecule has 0 aliphatic carbocycles. The van der Waals surface area contributed by atoms with Crippen molar-refractivity contribution in [3.8, 4) is 0 Å². The molecule has 0 bridgehead atoms. The van der Waals surface area contributed by atoms with Crippen molar-refractivity contribution in [3.05, 3.63) is 30.1 Å². The molecule has 1 atom stereocenters. The van der Waals surface area contributed by atoms with Crippen molar-refractivity contribution in [1.29, 1.82) is 0 Å². The molecule has 1 radical (unpaired) electrons. The average Bonchev–Trinajstić information content (AvgIpc) is 2.03. The summed E-state index contributed by atoms with van der Waals surface area (Å²) < 4.78 is 29.1. The highest BCUT2D eigenvalue weighted by molar-refractivity contribution is 7.85. The van der Waals surface area contributed by atoms with E-state index in [0.717, 1.165) is 0 Å². The van der Waals surface area contributed by atoms with Gasteiger partial charge in [-0.1, -0.05) is 0 Å². The van der Waals surface area contributed by atoms with Gasteiger partial charge < -0.3 is 0 Å². The van der Waals surface area contributed by atoms with Crippen LogP contribution in [0.2, 0.25) is 0 Å². The van der Waals surface area contributed by atoms with Crippen LogP contribution in [0.25, 0.3) is 0 Å². The molecule has 5 nitrogen and oxygen atoms in total. The summed E-state index contributed by atoms with van der Waals surface area (Å²) in [6.45, 7) is 0. The van der Waals surface area contributed by atoms with Crippen molar-refractivity contribution in [2.24, 2.45) is 0 Å². The summed E-state index contributed by atoms with van der Waals surface area (Å²) in [4.78, 5) is 3.59. The molecule has 0 amide bonds. The quantitative estimate of drug-likeness (QED) is 0.680. The predicted octanol–water partition coefficient (Wildman–Crippen LogP) is 0.399. The molecule has 0 aromatic carbocycles. The van der Waals surface area contributed by atoms with E-state index in [9.17, 15) is 13.5 Å². The van der Waals surface area contributed by atoms with Crippen molar-refractivity contribution >= 4 is 10.1 Å². The monoisotopic (exact) mass is 188 g/mol. The molecule has 0 aliphatic rings. The molecular formula is C6H6NO4S. The van der Waals surface area contributed by atoms with E-state index >= 15 is 0 Å². The van der Waals surface area contributed by atoms with Gasteiger partial charge in [0, 0.05) is 18.0 Å². The maximum Gasteiger partial charge on any atom is 0.300 e. The molecule has 0 saturated heterocycles. The molecule has 1 N–H and O–H groups in total. The summed E-state index contributed by atoms with van der Waals surface area (Å²) in [5.41, 5.74) is -2.16. The summed E-state index contributed by atoms with van der Waals surface area (Å²) >= 11 is 0. The van der Waals surface area contributed by atoms with Gasteiger partial charge in [0.25, 0.3) is 10.1 Å². The van der Waals surface area contributed by atoms with Gasteiger partial charge in [0.15, 0.2) is 0 Å². The van der Waals surface area contributed by atoms with E-state index in [1.807, 2.05) is 0 Å². The molecule has 1 heterocycles. The van der Waals surface area contributed by atoms with Gasteiger partial charge in [0.1, 0.15) is 0 Å². The maximum atomic E-state index is 10.9. The van der Waals surface area contributed by atoms with E-state index in [0.29, 0.717) is 0 Å². The molecule has 1 rings (SSSR count). The zero-order valence-corrected chi connectivity index (χ0v) is 6.73. The van der Waals surface area contributed by atoms with Crippen molar-refractivity contribution in [1.82, 2.24) is 4.98 Å². The van der Waals surface area contributed by atoms with Crippen molar-refractivity contribution in [2.45, 2.75) is 5.44 Å². The zero-order valence-electron chi connectivity index (χ0n) is 5.91. The minimum atomic E-state index is -4.54. The number of pyridine rings is 1. The third-order valence-corrected chi connectivity index (χ3v) is 2.06. The zero-order chi connectivity index (χ0) is 9.19. The molecule has 1 unspecified atom stereocenters. The summed E-state index contributed by atoms with van der Waals surface area (Å²) in [7, 11) is -4.54. The van der Waals surface area contributed by atoms with Crippen LogP contribution in [0.5, 0.6) is 0 Å². The van der Waals surface area contributed by atoms with Crippen LogP contribution in [-0.2, 0) is 15.2 Å². The van der Waals surface area contributed by atoms with E-state index < -0.39 is 15.6 Å². The minimum Gasteiger partial charge on any atom is -0.283 e. The smallest absolute Gasteiger partial charge is 0.283 e. The molecule has 1 aromatic rings. The van der Waals surface area contributed by atoms with E-state index in [2.05, 4.69) is 4.98 Å². The van der Waals surface area contributed by atoms with Gasteiger partial charge in [-0.3, -0.25) is 9.54 Å². The van der Waals surface area contributed by atoms with Gasteiger partial charge in [-0.15, -0.1) is 0 Å². The van der Waals surface area contributed by atoms with Gasteiger partial charge in [-0.25, -0.2) is 5.11 Å². The summed E-state index contributed by atoms with van der Waals surface area (Å²) in [6, 6.07) is 2.48. The number of rotatable bonds is 2. The lowest BCUT2D eigenvalue weighted by molar-refractivity contribution is 0.147. The van der Waals surface area contributed by atoms with Crippen LogP contribution in [0.15, 0.2) is 24.5 Å². The fourth-order valence-corrected chi connectivity index (χ4v) is 1.19. The van der Waals surface area contributed by atoms with Crippen LogP contribution in [0.4, 0.5) is 0 Å². The first kappa shape index (κ1) is 9.11. The highest BCUT2D eigenvalue weighted by atomic mass is 32.2. The van der Waals surface area contributed by atoms with Crippen molar-refractivity contribution in [2.75, 3.05) is 0 Å². The van der Waals surface area contributed by atoms with Crippen molar-refractivity contribution < 1.29 is 18.1 Å². The highest BCUT2D eigenvalue weighted by Crippen LogP contribution is 2.16. The lowest BCUT2D eigenvalue weighted by Gasteiger charge is -2.02. The van der Waals surface area contributed by atoms with Crippen LogP contribution < -0.4 is 0 Å². The van der Waals surface area contributed by atoms with E-state index in [-0.39, 0.29) is 5.56 Å². The van der Waals surface area contributed by atoms with E-state index in [1.165, 1.54) is 24.5 Å². The fourth-order valence-electron chi connectivity index (χ4n) is 0.693.